The highest BCUT2D eigenvalue weighted by Crippen LogP contribution is 2.51. The first-order valence-corrected chi connectivity index (χ1v) is 17.7. The quantitative estimate of drug-likeness (QED) is 0.476. The van der Waals surface area contributed by atoms with Gasteiger partial charge in [0.25, 0.3) is 5.91 Å². The van der Waals surface area contributed by atoms with Crippen LogP contribution in [0.1, 0.15) is 78.1 Å². The predicted octanol–water partition coefficient (Wildman–Crippen LogP) is 2.73. The minimum Gasteiger partial charge on any atom is -0.369 e. The summed E-state index contributed by atoms with van der Waals surface area (Å²) in [6.45, 7) is 7.50. The lowest BCUT2D eigenvalue weighted by molar-refractivity contribution is -0.219. The lowest BCUT2D eigenvalue weighted by Gasteiger charge is -2.61. The van der Waals surface area contributed by atoms with E-state index in [0.717, 1.165) is 38.6 Å². The van der Waals surface area contributed by atoms with Crippen LogP contribution in [0, 0.1) is 23.7 Å². The molecule has 3 saturated carbocycles. The summed E-state index contributed by atoms with van der Waals surface area (Å²) in [5.41, 5.74) is 6.46. The molecule has 3 aliphatic carbocycles. The maximum atomic E-state index is 16.3. The summed E-state index contributed by atoms with van der Waals surface area (Å²) in [6, 6.07) is -0.577. The number of ketones is 1. The van der Waals surface area contributed by atoms with E-state index in [-0.39, 0.29) is 59.7 Å². The number of fused-ring (bicyclic) bond motifs is 3. The van der Waals surface area contributed by atoms with Gasteiger partial charge in [0.2, 0.25) is 5.91 Å². The Balaban J connectivity index is 1.20. The van der Waals surface area contributed by atoms with Crippen LogP contribution in [0.5, 0.6) is 0 Å². The molecule has 11 unspecified atom stereocenters. The molecule has 3 saturated heterocycles. The second kappa shape index (κ2) is 12.3. The van der Waals surface area contributed by atoms with Gasteiger partial charge >= 0.3 is 0 Å². The molecule has 6 fully saturated rings. The Morgan fingerprint density at radius 3 is 2.43 bits per heavy atom. The van der Waals surface area contributed by atoms with Gasteiger partial charge in [-0.2, -0.15) is 0 Å². The molecule has 9 nitrogen and oxygen atoms in total. The average Bonchev–Trinajstić information content (AvgIpc) is 3.46. The summed E-state index contributed by atoms with van der Waals surface area (Å²) in [6.07, 6.45) is 9.55. The van der Waals surface area contributed by atoms with Crippen LogP contribution < -0.4 is 5.73 Å². The highest BCUT2D eigenvalue weighted by molar-refractivity contribution is 6.20. The maximum absolute atomic E-state index is 16.3. The smallest absolute Gasteiger partial charge is 0.258 e. The van der Waals surface area contributed by atoms with E-state index in [9.17, 15) is 14.4 Å². The molecule has 0 radical (unpaired) electrons. The number of alkyl halides is 1. The minimum atomic E-state index is -1.22. The van der Waals surface area contributed by atoms with Crippen LogP contribution >= 0.6 is 0 Å². The monoisotopic (exact) mass is 613 g/mol. The third-order valence-corrected chi connectivity index (χ3v) is 12.5. The standard InChI is InChI=1S/C34H52FN5O4/c1-3-37(4-2)33(42)22-10-7-12-39(17-22)34(43)25-19-40-27-14-20-8-5-6-9-21(20)15-28(27)44-32-29(40)24(31(25)41)16-26(35)30(32)38-13-11-23(36)18-38/h19-24,26-30,32H,3-18,36H2,1-2H3. The molecule has 7 aliphatic rings. The number of likely N-dealkylation sites (tertiary alicyclic amines) is 2. The zero-order valence-electron chi connectivity index (χ0n) is 26.6. The van der Waals surface area contributed by atoms with Crippen LogP contribution in [-0.4, -0.2) is 119 Å². The summed E-state index contributed by atoms with van der Waals surface area (Å²) >= 11 is 0. The largest absolute Gasteiger partial charge is 0.369 e. The van der Waals surface area contributed by atoms with Crippen LogP contribution in [0.4, 0.5) is 4.39 Å². The number of nitrogens with zero attached hydrogens (tertiary/aromatic N) is 4. The Labute approximate surface area is 261 Å². The number of rotatable bonds is 5. The van der Waals surface area contributed by atoms with Crippen LogP contribution in [0.25, 0.3) is 0 Å². The fourth-order valence-electron chi connectivity index (χ4n) is 10.3. The fourth-order valence-corrected chi connectivity index (χ4v) is 10.3. The van der Waals surface area contributed by atoms with E-state index in [0.29, 0.717) is 44.6 Å². The van der Waals surface area contributed by atoms with Gasteiger partial charge in [-0.05, 0) is 64.2 Å². The topological polar surface area (TPSA) is 99.4 Å². The second-order valence-electron chi connectivity index (χ2n) is 14.8. The Bertz CT molecular complexity index is 1160. The lowest BCUT2D eigenvalue weighted by atomic mass is 9.64. The van der Waals surface area contributed by atoms with Crippen molar-refractivity contribution < 1.29 is 23.5 Å². The van der Waals surface area contributed by atoms with Crippen molar-refractivity contribution in [2.24, 2.45) is 29.4 Å². The van der Waals surface area contributed by atoms with Gasteiger partial charge in [0, 0.05) is 57.4 Å². The van der Waals surface area contributed by atoms with Crippen molar-refractivity contribution in [1.82, 2.24) is 19.6 Å². The molecule has 2 amide bonds. The highest BCUT2D eigenvalue weighted by atomic mass is 19.1. The van der Waals surface area contributed by atoms with Crippen LogP contribution in [-0.2, 0) is 19.1 Å². The minimum absolute atomic E-state index is 0.0316. The summed E-state index contributed by atoms with van der Waals surface area (Å²) in [5.74, 6) is -0.0609. The van der Waals surface area contributed by atoms with Gasteiger partial charge in [-0.25, -0.2) is 4.39 Å². The van der Waals surface area contributed by atoms with E-state index in [1.807, 2.05) is 24.9 Å². The Kier molecular flexibility index (Phi) is 8.55. The van der Waals surface area contributed by atoms with Gasteiger partial charge in [0.1, 0.15) is 6.17 Å². The average molecular weight is 614 g/mol. The molecular formula is C34H52FN5O4. The van der Waals surface area contributed by atoms with Crippen molar-refractivity contribution in [1.29, 1.82) is 0 Å². The van der Waals surface area contributed by atoms with Crippen molar-refractivity contribution in [2.75, 3.05) is 39.3 Å². The first-order chi connectivity index (χ1) is 21.3. The molecule has 7 rings (SSSR count). The summed E-state index contributed by atoms with van der Waals surface area (Å²) in [5, 5.41) is 0. The maximum Gasteiger partial charge on any atom is 0.258 e. The van der Waals surface area contributed by atoms with Crippen molar-refractivity contribution in [3.8, 4) is 0 Å². The third kappa shape index (κ3) is 5.20. The number of carbonyl (C=O) groups excluding carboxylic acids is 3. The molecule has 0 aromatic heterocycles. The number of amides is 2. The van der Waals surface area contributed by atoms with Crippen molar-refractivity contribution in [3.63, 3.8) is 0 Å². The van der Waals surface area contributed by atoms with Crippen molar-refractivity contribution >= 4 is 17.6 Å². The summed E-state index contributed by atoms with van der Waals surface area (Å²) in [7, 11) is 0. The zero-order valence-corrected chi connectivity index (χ0v) is 26.6. The van der Waals surface area contributed by atoms with Gasteiger partial charge in [0.15, 0.2) is 5.78 Å². The fraction of sp³-hybridized carbons (Fsp3) is 0.853. The van der Waals surface area contributed by atoms with E-state index in [2.05, 4.69) is 9.80 Å². The Morgan fingerprint density at radius 1 is 0.977 bits per heavy atom. The Morgan fingerprint density at radius 2 is 1.73 bits per heavy atom. The molecule has 244 valence electrons. The van der Waals surface area contributed by atoms with Crippen molar-refractivity contribution in [2.45, 2.75) is 121 Å². The number of hydrogen-bond donors (Lipinski definition) is 1. The van der Waals surface area contributed by atoms with Crippen LogP contribution in [0.3, 0.4) is 0 Å². The first kappa shape index (κ1) is 30.6. The normalized spacial score (nSPS) is 42.2. The van der Waals surface area contributed by atoms with Crippen molar-refractivity contribution in [3.05, 3.63) is 11.8 Å². The van der Waals surface area contributed by atoms with Gasteiger partial charge in [-0.1, -0.05) is 25.7 Å². The molecule has 0 bridgehead atoms. The molecular weight excluding hydrogens is 561 g/mol. The number of hydrogen-bond acceptors (Lipinski definition) is 7. The Hall–Kier alpha value is -2.04. The number of nitrogens with two attached hydrogens (primary N) is 1. The number of morpholine rings is 1. The van der Waals surface area contributed by atoms with Gasteiger partial charge in [0.05, 0.1) is 41.8 Å². The predicted molar refractivity (Wildman–Crippen MR) is 164 cm³/mol. The van der Waals surface area contributed by atoms with Crippen LogP contribution in [0.15, 0.2) is 11.8 Å². The molecule has 0 aromatic rings. The van der Waals surface area contributed by atoms with E-state index < -0.39 is 24.2 Å². The second-order valence-corrected chi connectivity index (χ2v) is 14.8. The number of halogens is 1. The number of carbonyl (C=O) groups is 3. The molecule has 2 N–H and O–H groups in total. The molecule has 0 spiro atoms. The van der Waals surface area contributed by atoms with E-state index in [1.165, 1.54) is 25.7 Å². The van der Waals surface area contributed by atoms with Crippen LogP contribution in [0.2, 0.25) is 0 Å². The SMILES string of the molecule is CCN(CC)C(=O)C1CCCN(C(=O)C2=CN3C4CC5CCCCC5CC4OC4C(N5CCC(N)C5)C(F)CC(C2=O)C43)C1. The zero-order chi connectivity index (χ0) is 30.7. The van der Waals surface area contributed by atoms with Gasteiger partial charge in [-0.15, -0.1) is 0 Å². The van der Waals surface area contributed by atoms with E-state index in [1.54, 1.807) is 4.90 Å². The molecule has 11 atom stereocenters. The first-order valence-electron chi connectivity index (χ1n) is 17.7. The molecule has 44 heavy (non-hydrogen) atoms. The summed E-state index contributed by atoms with van der Waals surface area (Å²) in [4.78, 5) is 49.7. The molecule has 4 heterocycles. The summed E-state index contributed by atoms with van der Waals surface area (Å²) < 4.78 is 23.3. The number of piperidine rings is 1. The van der Waals surface area contributed by atoms with Gasteiger partial charge in [-0.3, -0.25) is 19.3 Å². The number of Topliss-reactive ketones (excluding diaryl/α,β-unsaturated/α-hetero) is 1. The van der Waals surface area contributed by atoms with Gasteiger partial charge < -0.3 is 25.2 Å². The lowest BCUT2D eigenvalue weighted by Crippen LogP contribution is -2.73. The van der Waals surface area contributed by atoms with E-state index >= 15 is 4.39 Å². The highest BCUT2D eigenvalue weighted by Gasteiger charge is 2.61. The number of ether oxygens (including phenoxy) is 1. The molecule has 4 aliphatic heterocycles. The molecule has 10 heteroatoms. The third-order valence-electron chi connectivity index (χ3n) is 12.5. The molecule has 0 aromatic carbocycles. The van der Waals surface area contributed by atoms with E-state index in [4.69, 9.17) is 10.5 Å².